The van der Waals surface area contributed by atoms with Crippen molar-refractivity contribution in [2.75, 3.05) is 19.8 Å². The fraction of sp³-hybridized carbons (Fsp3) is 0.632. The van der Waals surface area contributed by atoms with E-state index in [1.54, 1.807) is 6.07 Å². The van der Waals surface area contributed by atoms with E-state index in [1.807, 2.05) is 19.1 Å². The van der Waals surface area contributed by atoms with Crippen LogP contribution in [0.5, 0.6) is 11.5 Å². The van der Waals surface area contributed by atoms with Gasteiger partial charge in [0.05, 0.1) is 13.2 Å². The Balaban J connectivity index is 0.00000312. The Morgan fingerprint density at radius 3 is 2.76 bits per heavy atom. The summed E-state index contributed by atoms with van der Waals surface area (Å²) in [4.78, 5) is 12.5. The van der Waals surface area contributed by atoms with Crippen LogP contribution >= 0.6 is 12.4 Å². The van der Waals surface area contributed by atoms with Crippen LogP contribution in [0.1, 0.15) is 56.8 Å². The molecule has 2 unspecified atom stereocenters. The van der Waals surface area contributed by atoms with Crippen molar-refractivity contribution in [2.24, 2.45) is 0 Å². The monoisotopic (exact) mass is 370 g/mol. The van der Waals surface area contributed by atoms with Crippen LogP contribution in [0, 0.1) is 0 Å². The maximum atomic E-state index is 12.5. The maximum absolute atomic E-state index is 12.5. The fourth-order valence-corrected chi connectivity index (χ4v) is 2.90. The Bertz CT molecular complexity index is 539. The number of halogens is 1. The Morgan fingerprint density at radius 2 is 2.08 bits per heavy atom. The number of carbonyl (C=O) groups excluding carboxylic acids is 1. The number of unbranched alkanes of at least 4 members (excludes halogenated alkanes) is 1. The quantitative estimate of drug-likeness (QED) is 0.687. The summed E-state index contributed by atoms with van der Waals surface area (Å²) >= 11 is 0. The maximum Gasteiger partial charge on any atom is 0.251 e. The van der Waals surface area contributed by atoms with Crippen molar-refractivity contribution in [3.8, 4) is 11.5 Å². The van der Waals surface area contributed by atoms with E-state index in [4.69, 9.17) is 9.47 Å². The lowest BCUT2D eigenvalue weighted by atomic mass is 10.0. The average Bonchev–Trinajstić information content (AvgIpc) is 2.56. The molecule has 142 valence electrons. The minimum absolute atomic E-state index is 0. The molecule has 1 aromatic rings. The number of hydrogen-bond donors (Lipinski definition) is 2. The molecule has 6 heteroatoms. The van der Waals surface area contributed by atoms with E-state index in [1.165, 1.54) is 0 Å². The molecular formula is C19H31ClN2O3. The predicted molar refractivity (Wildman–Crippen MR) is 103 cm³/mol. The van der Waals surface area contributed by atoms with Crippen LogP contribution in [0.15, 0.2) is 18.2 Å². The summed E-state index contributed by atoms with van der Waals surface area (Å²) in [5.74, 6) is 1.30. The van der Waals surface area contributed by atoms with Gasteiger partial charge in [-0.25, -0.2) is 0 Å². The average molecular weight is 371 g/mol. The Labute approximate surface area is 157 Å². The van der Waals surface area contributed by atoms with Gasteiger partial charge in [-0.2, -0.15) is 0 Å². The molecule has 1 fully saturated rings. The van der Waals surface area contributed by atoms with E-state index in [9.17, 15) is 4.79 Å². The topological polar surface area (TPSA) is 59.6 Å². The van der Waals surface area contributed by atoms with Crippen LogP contribution in [-0.2, 0) is 0 Å². The summed E-state index contributed by atoms with van der Waals surface area (Å²) in [6.45, 7) is 8.35. The molecule has 1 saturated heterocycles. The highest BCUT2D eigenvalue weighted by Crippen LogP contribution is 2.29. The highest BCUT2D eigenvalue weighted by molar-refractivity contribution is 5.95. The fourth-order valence-electron chi connectivity index (χ4n) is 2.90. The van der Waals surface area contributed by atoms with Crippen molar-refractivity contribution >= 4 is 18.3 Å². The van der Waals surface area contributed by atoms with Crippen LogP contribution in [0.25, 0.3) is 0 Å². The van der Waals surface area contributed by atoms with Gasteiger partial charge in [0.1, 0.15) is 0 Å². The zero-order valence-electron chi connectivity index (χ0n) is 15.5. The minimum atomic E-state index is -0.0461. The second kappa shape index (κ2) is 11.2. The molecular weight excluding hydrogens is 340 g/mol. The molecule has 0 aliphatic carbocycles. The highest BCUT2D eigenvalue weighted by atomic mass is 35.5. The number of benzene rings is 1. The Morgan fingerprint density at radius 1 is 1.28 bits per heavy atom. The predicted octanol–water partition coefficient (Wildman–Crippen LogP) is 3.56. The van der Waals surface area contributed by atoms with Crippen molar-refractivity contribution in [2.45, 2.75) is 58.5 Å². The number of amides is 1. The van der Waals surface area contributed by atoms with Crippen LogP contribution in [0.4, 0.5) is 0 Å². The molecule has 2 rings (SSSR count). The third-order valence-corrected chi connectivity index (χ3v) is 4.22. The molecule has 2 N–H and O–H groups in total. The van der Waals surface area contributed by atoms with Crippen molar-refractivity contribution in [1.82, 2.24) is 10.6 Å². The van der Waals surface area contributed by atoms with Gasteiger partial charge in [0.2, 0.25) is 0 Å². The molecule has 0 radical (unpaired) electrons. The molecule has 0 bridgehead atoms. The summed E-state index contributed by atoms with van der Waals surface area (Å²) in [5, 5.41) is 6.53. The normalized spacial score (nSPS) is 19.6. The summed E-state index contributed by atoms with van der Waals surface area (Å²) in [6.07, 6.45) is 4.01. The molecule has 0 saturated carbocycles. The summed E-state index contributed by atoms with van der Waals surface area (Å²) < 4.78 is 11.4. The van der Waals surface area contributed by atoms with Gasteiger partial charge in [-0.15, -0.1) is 12.4 Å². The van der Waals surface area contributed by atoms with E-state index >= 15 is 0 Å². The van der Waals surface area contributed by atoms with Crippen LogP contribution < -0.4 is 20.1 Å². The lowest BCUT2D eigenvalue weighted by Crippen LogP contribution is -2.46. The van der Waals surface area contributed by atoms with Crippen LogP contribution in [-0.4, -0.2) is 37.7 Å². The van der Waals surface area contributed by atoms with Gasteiger partial charge in [-0.3, -0.25) is 4.79 Å². The number of rotatable bonds is 8. The second-order valence-corrected chi connectivity index (χ2v) is 6.35. The molecule has 5 nitrogen and oxygen atoms in total. The zero-order chi connectivity index (χ0) is 17.4. The van der Waals surface area contributed by atoms with Crippen molar-refractivity contribution in [1.29, 1.82) is 0 Å². The van der Waals surface area contributed by atoms with E-state index in [0.717, 1.165) is 32.2 Å². The minimum Gasteiger partial charge on any atom is -0.490 e. The van der Waals surface area contributed by atoms with E-state index < -0.39 is 0 Å². The first-order valence-electron chi connectivity index (χ1n) is 9.07. The van der Waals surface area contributed by atoms with Gasteiger partial charge >= 0.3 is 0 Å². The van der Waals surface area contributed by atoms with Crippen molar-refractivity contribution in [3.63, 3.8) is 0 Å². The van der Waals surface area contributed by atoms with Gasteiger partial charge in [-0.05, 0) is 57.9 Å². The summed E-state index contributed by atoms with van der Waals surface area (Å²) in [5.41, 5.74) is 0.618. The lowest BCUT2D eigenvalue weighted by Gasteiger charge is -2.28. The summed E-state index contributed by atoms with van der Waals surface area (Å²) in [6, 6.07) is 6.09. The number of hydrogen-bond acceptors (Lipinski definition) is 4. The molecule has 2 atom stereocenters. The first-order valence-corrected chi connectivity index (χ1v) is 9.07. The number of carbonyl (C=O) groups is 1. The third-order valence-electron chi connectivity index (χ3n) is 4.22. The molecule has 1 aliphatic rings. The first kappa shape index (κ1) is 21.6. The smallest absolute Gasteiger partial charge is 0.251 e. The molecule has 0 aromatic heterocycles. The Kier molecular flexibility index (Phi) is 9.68. The third kappa shape index (κ3) is 6.75. The van der Waals surface area contributed by atoms with Crippen LogP contribution in [0.2, 0.25) is 0 Å². The van der Waals surface area contributed by atoms with Gasteiger partial charge in [0.25, 0.3) is 5.91 Å². The van der Waals surface area contributed by atoms with Gasteiger partial charge < -0.3 is 20.1 Å². The van der Waals surface area contributed by atoms with Gasteiger partial charge in [0.15, 0.2) is 11.5 Å². The summed E-state index contributed by atoms with van der Waals surface area (Å²) in [7, 11) is 0. The van der Waals surface area contributed by atoms with E-state index in [0.29, 0.717) is 36.3 Å². The lowest BCUT2D eigenvalue weighted by molar-refractivity contribution is 0.0925. The van der Waals surface area contributed by atoms with Crippen LogP contribution in [0.3, 0.4) is 0 Å². The Hall–Kier alpha value is -1.46. The van der Waals surface area contributed by atoms with Crippen molar-refractivity contribution in [3.05, 3.63) is 23.8 Å². The van der Waals surface area contributed by atoms with Gasteiger partial charge in [0, 0.05) is 17.6 Å². The number of nitrogens with one attached hydrogen (secondary N) is 2. The molecule has 25 heavy (non-hydrogen) atoms. The second-order valence-electron chi connectivity index (χ2n) is 6.35. The van der Waals surface area contributed by atoms with Crippen molar-refractivity contribution < 1.29 is 14.3 Å². The van der Waals surface area contributed by atoms with E-state index in [2.05, 4.69) is 24.5 Å². The molecule has 1 heterocycles. The molecule has 1 amide bonds. The highest BCUT2D eigenvalue weighted by Gasteiger charge is 2.21. The van der Waals surface area contributed by atoms with Gasteiger partial charge in [-0.1, -0.05) is 13.3 Å². The number of piperidine rings is 1. The largest absolute Gasteiger partial charge is 0.490 e. The molecule has 1 aromatic carbocycles. The van der Waals surface area contributed by atoms with E-state index in [-0.39, 0.29) is 24.4 Å². The standard InChI is InChI=1S/C19H30N2O3.ClH/c1-4-6-11-24-17-8-7-15(13-18(17)23-5-2)19(22)21-16-9-10-20-14(3)12-16;/h7-8,13-14,16,20H,4-6,9-12H2,1-3H3,(H,21,22);1H. The molecule has 1 aliphatic heterocycles. The SMILES string of the molecule is CCCCOc1ccc(C(=O)NC2CCNC(C)C2)cc1OCC.Cl. The zero-order valence-corrected chi connectivity index (χ0v) is 16.3. The number of ether oxygens (including phenoxy) is 2. The molecule has 0 spiro atoms. The first-order chi connectivity index (χ1) is 11.6.